The van der Waals surface area contributed by atoms with Crippen LogP contribution in [-0.2, 0) is 11.3 Å². The van der Waals surface area contributed by atoms with Crippen molar-refractivity contribution in [3.8, 4) is 21.9 Å². The fourth-order valence-corrected chi connectivity index (χ4v) is 6.83. The molecular weight excluding hydrogens is 508 g/mol. The summed E-state index contributed by atoms with van der Waals surface area (Å²) < 4.78 is 13.9. The molecule has 1 fully saturated rings. The second-order valence-corrected chi connectivity index (χ2v) is 11.2. The highest BCUT2D eigenvalue weighted by molar-refractivity contribution is 7.99. The van der Waals surface area contributed by atoms with Crippen molar-refractivity contribution in [3.63, 3.8) is 0 Å². The van der Waals surface area contributed by atoms with Gasteiger partial charge < -0.3 is 24.7 Å². The third kappa shape index (κ3) is 4.85. The molecule has 1 saturated heterocycles. The lowest BCUT2D eigenvalue weighted by Crippen LogP contribution is -2.37. The molecule has 2 aliphatic heterocycles. The van der Waals surface area contributed by atoms with Gasteiger partial charge in [-0.3, -0.25) is 4.79 Å². The maximum atomic E-state index is 11.7. The van der Waals surface area contributed by atoms with E-state index >= 15 is 0 Å². The fourth-order valence-electron chi connectivity index (χ4n) is 4.94. The smallest absolute Gasteiger partial charge is 0.219 e. The average Bonchev–Trinajstić information content (AvgIpc) is 3.56. The lowest BCUT2D eigenvalue weighted by molar-refractivity contribution is -0.130. The van der Waals surface area contributed by atoms with Gasteiger partial charge in [-0.05, 0) is 48.8 Å². The normalized spacial score (nSPS) is 15.9. The molecule has 192 valence electrons. The number of fused-ring (bicyclic) bond motifs is 2. The predicted octanol–water partition coefficient (Wildman–Crippen LogP) is 4.71. The minimum Gasteiger partial charge on any atom is -0.486 e. The lowest BCUT2D eigenvalue weighted by atomic mass is 9.93. The van der Waals surface area contributed by atoms with Crippen molar-refractivity contribution in [2.45, 2.75) is 42.8 Å². The molecule has 0 spiro atoms. The van der Waals surface area contributed by atoms with E-state index in [0.29, 0.717) is 30.5 Å². The number of hydrogen-bond donors (Lipinski definition) is 1. The number of anilines is 1. The number of thiophene rings is 1. The second kappa shape index (κ2) is 10.2. The number of rotatable bonds is 6. The molecule has 1 amide bonds. The Balaban J connectivity index is 1.33. The van der Waals surface area contributed by atoms with Crippen molar-refractivity contribution in [3.05, 3.63) is 36.0 Å². The molecule has 0 saturated carbocycles. The molecule has 5 heterocycles. The first-order valence-corrected chi connectivity index (χ1v) is 14.1. The zero-order valence-electron chi connectivity index (χ0n) is 20.6. The molecule has 2 N–H and O–H groups in total. The van der Waals surface area contributed by atoms with Crippen LogP contribution in [0.4, 0.5) is 5.82 Å². The Morgan fingerprint density at radius 3 is 2.70 bits per heavy atom. The number of imidazole rings is 1. The van der Waals surface area contributed by atoms with Gasteiger partial charge in [0, 0.05) is 41.9 Å². The Morgan fingerprint density at radius 1 is 1.19 bits per heavy atom. The molecule has 1 aromatic carbocycles. The van der Waals surface area contributed by atoms with Gasteiger partial charge in [0.2, 0.25) is 5.91 Å². The highest BCUT2D eigenvalue weighted by Crippen LogP contribution is 2.45. The number of carbonyl (C=O) groups is 1. The molecule has 11 heteroatoms. The number of aromatic nitrogens is 4. The average molecular weight is 537 g/mol. The summed E-state index contributed by atoms with van der Waals surface area (Å²) in [4.78, 5) is 29.4. The Kier molecular flexibility index (Phi) is 6.64. The molecule has 37 heavy (non-hydrogen) atoms. The molecule has 0 aliphatic carbocycles. The highest BCUT2D eigenvalue weighted by atomic mass is 32.2. The van der Waals surface area contributed by atoms with Gasteiger partial charge in [0.25, 0.3) is 0 Å². The van der Waals surface area contributed by atoms with Crippen LogP contribution in [0, 0.1) is 5.92 Å². The monoisotopic (exact) mass is 536 g/mol. The molecule has 0 bridgehead atoms. The first-order chi connectivity index (χ1) is 18.1. The largest absolute Gasteiger partial charge is 0.486 e. The van der Waals surface area contributed by atoms with Gasteiger partial charge in [0.15, 0.2) is 33.6 Å². The first kappa shape index (κ1) is 24.1. The number of piperidine rings is 1. The number of aryl methyl sites for hydroxylation is 1. The van der Waals surface area contributed by atoms with Gasteiger partial charge in [-0.1, -0.05) is 17.8 Å². The van der Waals surface area contributed by atoms with E-state index in [1.165, 1.54) is 6.33 Å². The Morgan fingerprint density at radius 2 is 1.97 bits per heavy atom. The van der Waals surface area contributed by atoms with Crippen molar-refractivity contribution < 1.29 is 14.3 Å². The minimum absolute atomic E-state index is 0.158. The topological polar surface area (TPSA) is 108 Å². The van der Waals surface area contributed by atoms with E-state index in [1.807, 2.05) is 17.0 Å². The van der Waals surface area contributed by atoms with Gasteiger partial charge in [-0.15, -0.1) is 11.3 Å². The number of ether oxygens (including phenoxy) is 2. The molecular formula is C26H28N6O3S2. The van der Waals surface area contributed by atoms with Crippen molar-refractivity contribution in [2.24, 2.45) is 5.92 Å². The highest BCUT2D eigenvalue weighted by Gasteiger charge is 2.24. The number of benzene rings is 1. The van der Waals surface area contributed by atoms with Crippen LogP contribution in [0.15, 0.2) is 46.0 Å². The molecule has 0 radical (unpaired) electrons. The van der Waals surface area contributed by atoms with Crippen LogP contribution in [0.25, 0.3) is 21.6 Å². The summed E-state index contributed by atoms with van der Waals surface area (Å²) in [5, 5.41) is 2.89. The van der Waals surface area contributed by atoms with Crippen molar-refractivity contribution in [1.29, 1.82) is 0 Å². The second-order valence-electron chi connectivity index (χ2n) is 9.29. The molecule has 6 rings (SSSR count). The summed E-state index contributed by atoms with van der Waals surface area (Å²) in [6.07, 6.45) is 4.50. The van der Waals surface area contributed by atoms with Crippen LogP contribution in [0.3, 0.4) is 0 Å². The Hall–Kier alpha value is -3.31. The number of nitrogens with zero attached hydrogens (tertiary/aromatic N) is 5. The third-order valence-corrected chi connectivity index (χ3v) is 8.93. The lowest BCUT2D eigenvalue weighted by Gasteiger charge is -2.31. The van der Waals surface area contributed by atoms with E-state index < -0.39 is 0 Å². The Labute approximate surface area is 223 Å². The molecule has 4 aromatic rings. The number of amides is 1. The van der Waals surface area contributed by atoms with Gasteiger partial charge in [-0.2, -0.15) is 0 Å². The summed E-state index contributed by atoms with van der Waals surface area (Å²) in [6.45, 7) is 5.13. The predicted molar refractivity (Wildman–Crippen MR) is 144 cm³/mol. The van der Waals surface area contributed by atoms with Crippen LogP contribution in [-0.4, -0.2) is 56.6 Å². The number of nitrogen functional groups attached to an aromatic ring is 1. The molecule has 2 aliphatic rings. The maximum Gasteiger partial charge on any atom is 0.219 e. The molecule has 0 atom stereocenters. The summed E-state index contributed by atoms with van der Waals surface area (Å²) >= 11 is 3.27. The van der Waals surface area contributed by atoms with Gasteiger partial charge in [-0.25, -0.2) is 15.0 Å². The standard InChI is InChI=1S/C26H28N6O3S2/c1-16(33)31-7-4-17(5-8-31)6-9-32-25-23(24(27)28-15-29-25)30-26(32)37-22-14-20-19(34-10-11-35-20)13-18(22)21-3-2-12-36-21/h2-3,12-15,17H,4-11H2,1H3,(H2,27,28,29). The quantitative estimate of drug-likeness (QED) is 0.378. The van der Waals surface area contributed by atoms with Crippen LogP contribution in [0.5, 0.6) is 11.5 Å². The van der Waals surface area contributed by atoms with Crippen LogP contribution < -0.4 is 15.2 Å². The van der Waals surface area contributed by atoms with Gasteiger partial charge in [0.05, 0.1) is 0 Å². The molecule has 3 aromatic heterocycles. The first-order valence-electron chi connectivity index (χ1n) is 12.4. The summed E-state index contributed by atoms with van der Waals surface area (Å²) in [6, 6.07) is 8.27. The summed E-state index contributed by atoms with van der Waals surface area (Å²) in [7, 11) is 0. The van der Waals surface area contributed by atoms with Crippen molar-refractivity contribution in [2.75, 3.05) is 32.0 Å². The fraction of sp³-hybridized carbons (Fsp3) is 0.385. The number of likely N-dealkylation sites (tertiary alicyclic amines) is 1. The van der Waals surface area contributed by atoms with Crippen LogP contribution in [0.2, 0.25) is 0 Å². The zero-order valence-corrected chi connectivity index (χ0v) is 22.2. The van der Waals surface area contributed by atoms with Crippen LogP contribution >= 0.6 is 23.1 Å². The Bertz CT molecular complexity index is 1430. The SMILES string of the molecule is CC(=O)N1CCC(CCn2c(Sc3cc4c(cc3-c3cccs3)OCCO4)nc3c(N)ncnc32)CC1. The maximum absolute atomic E-state index is 11.7. The number of carbonyl (C=O) groups excluding carboxylic acids is 1. The molecule has 9 nitrogen and oxygen atoms in total. The van der Waals surface area contributed by atoms with E-state index in [1.54, 1.807) is 30.0 Å². The van der Waals surface area contributed by atoms with Crippen molar-refractivity contribution in [1.82, 2.24) is 24.4 Å². The minimum atomic E-state index is 0.158. The summed E-state index contributed by atoms with van der Waals surface area (Å²) in [5.74, 6) is 2.58. The van der Waals surface area contributed by atoms with Gasteiger partial charge >= 0.3 is 0 Å². The number of hydrogen-bond acceptors (Lipinski definition) is 9. The van der Waals surface area contributed by atoms with Crippen molar-refractivity contribution >= 4 is 46.0 Å². The zero-order chi connectivity index (χ0) is 25.4. The number of nitrogens with two attached hydrogens (primary N) is 1. The van der Waals surface area contributed by atoms with E-state index in [2.05, 4.69) is 32.0 Å². The van der Waals surface area contributed by atoms with E-state index in [4.69, 9.17) is 20.2 Å². The summed E-state index contributed by atoms with van der Waals surface area (Å²) in [5.41, 5.74) is 8.65. The van der Waals surface area contributed by atoms with Gasteiger partial charge in [0.1, 0.15) is 19.5 Å². The van der Waals surface area contributed by atoms with E-state index in [9.17, 15) is 4.79 Å². The van der Waals surface area contributed by atoms with E-state index in [-0.39, 0.29) is 5.91 Å². The van der Waals surface area contributed by atoms with E-state index in [0.717, 1.165) is 76.5 Å². The van der Waals surface area contributed by atoms with Crippen LogP contribution in [0.1, 0.15) is 26.2 Å². The third-order valence-electron chi connectivity index (χ3n) is 6.98. The molecule has 0 unspecified atom stereocenters.